The Morgan fingerprint density at radius 1 is 1.20 bits per heavy atom. The second kappa shape index (κ2) is 9.21. The summed E-state index contributed by atoms with van der Waals surface area (Å²) in [5.74, 6) is -2.89. The van der Waals surface area contributed by atoms with Crippen LogP contribution in [0.3, 0.4) is 0 Å². The number of amides is 2. The van der Waals surface area contributed by atoms with Gasteiger partial charge in [0, 0.05) is 44.1 Å². The number of carbonyl (C=O) groups excluding carboxylic acids is 3. The van der Waals surface area contributed by atoms with Crippen LogP contribution in [0.15, 0.2) is 30.0 Å². The number of halogens is 2. The maximum absolute atomic E-state index is 13.4. The summed E-state index contributed by atoms with van der Waals surface area (Å²) in [6.07, 6.45) is 2.54. The van der Waals surface area contributed by atoms with Gasteiger partial charge in [0.2, 0.25) is 0 Å². The largest absolute Gasteiger partial charge is 0.466 e. The Bertz CT molecular complexity index is 846. The van der Waals surface area contributed by atoms with E-state index < -0.39 is 35.0 Å². The molecule has 1 aromatic rings. The Hall–Kier alpha value is -3.01. The average Bonchev–Trinajstić information content (AvgIpc) is 3.11. The molecule has 10 heteroatoms. The number of nitrogens with one attached hydrogen (secondary N) is 2. The van der Waals surface area contributed by atoms with E-state index in [2.05, 4.69) is 10.8 Å². The molecule has 2 N–H and O–H groups in total. The van der Waals surface area contributed by atoms with Crippen molar-refractivity contribution in [2.24, 2.45) is 0 Å². The molecule has 1 aromatic carbocycles. The number of hydrogen-bond donors (Lipinski definition) is 2. The lowest BCUT2D eigenvalue weighted by atomic mass is 9.90. The molecule has 0 aliphatic carbocycles. The highest BCUT2D eigenvalue weighted by Crippen LogP contribution is 2.32. The smallest absolute Gasteiger partial charge is 0.307 e. The molecular formula is C20H23F2N3O5. The lowest BCUT2D eigenvalue weighted by molar-refractivity contribution is -0.143. The van der Waals surface area contributed by atoms with Gasteiger partial charge in [0.15, 0.2) is 0 Å². The van der Waals surface area contributed by atoms with Gasteiger partial charge >= 0.3 is 5.97 Å². The molecule has 1 fully saturated rings. The molecule has 1 spiro atoms. The molecule has 162 valence electrons. The van der Waals surface area contributed by atoms with E-state index in [1.54, 1.807) is 13.0 Å². The SMILES string of the molecule is CCOC(=O)CCNC(=O)C1=CC2(CCN(C(=O)c3cc(F)cc(F)c3)CC2)ON1. The molecule has 8 nitrogen and oxygen atoms in total. The molecule has 30 heavy (non-hydrogen) atoms. The van der Waals surface area contributed by atoms with Gasteiger partial charge in [-0.1, -0.05) is 0 Å². The zero-order valence-electron chi connectivity index (χ0n) is 16.5. The molecule has 0 aromatic heterocycles. The molecule has 0 atom stereocenters. The molecule has 0 unspecified atom stereocenters. The molecule has 0 bridgehead atoms. The van der Waals surface area contributed by atoms with Crippen LogP contribution >= 0.6 is 0 Å². The van der Waals surface area contributed by atoms with Gasteiger partial charge in [0.05, 0.1) is 13.0 Å². The van der Waals surface area contributed by atoms with Crippen LogP contribution in [0.5, 0.6) is 0 Å². The van der Waals surface area contributed by atoms with Gasteiger partial charge in [-0.2, -0.15) is 0 Å². The highest BCUT2D eigenvalue weighted by molar-refractivity contribution is 5.94. The van der Waals surface area contributed by atoms with Crippen molar-refractivity contribution < 1.29 is 32.7 Å². The van der Waals surface area contributed by atoms with Crippen LogP contribution in [0.4, 0.5) is 8.78 Å². The van der Waals surface area contributed by atoms with Crippen LogP contribution in [-0.2, 0) is 19.2 Å². The number of esters is 1. The third-order valence-electron chi connectivity index (χ3n) is 4.94. The van der Waals surface area contributed by atoms with Gasteiger partial charge in [-0.05, 0) is 25.1 Å². The molecule has 2 aliphatic heterocycles. The molecule has 3 rings (SSSR count). The number of nitrogens with zero attached hydrogens (tertiary/aromatic N) is 1. The number of piperidine rings is 1. The maximum Gasteiger partial charge on any atom is 0.307 e. The Labute approximate surface area is 172 Å². The second-order valence-electron chi connectivity index (χ2n) is 7.09. The van der Waals surface area contributed by atoms with Crippen molar-refractivity contribution in [2.45, 2.75) is 31.8 Å². The van der Waals surface area contributed by atoms with E-state index in [-0.39, 0.29) is 30.8 Å². The minimum Gasteiger partial charge on any atom is -0.466 e. The minimum atomic E-state index is -0.809. The van der Waals surface area contributed by atoms with Crippen LogP contribution in [0.2, 0.25) is 0 Å². The first kappa shape index (κ1) is 21.7. The average molecular weight is 423 g/mol. The van der Waals surface area contributed by atoms with Crippen molar-refractivity contribution in [3.8, 4) is 0 Å². The summed E-state index contributed by atoms with van der Waals surface area (Å²) in [6.45, 7) is 2.72. The van der Waals surface area contributed by atoms with Crippen molar-refractivity contribution in [3.63, 3.8) is 0 Å². The van der Waals surface area contributed by atoms with E-state index in [1.165, 1.54) is 4.90 Å². The van der Waals surface area contributed by atoms with Gasteiger partial charge in [0.1, 0.15) is 22.9 Å². The standard InChI is InChI=1S/C20H23F2N3O5/c1-2-29-17(26)3-6-23-18(27)16-12-20(30-24-16)4-7-25(8-5-20)19(28)13-9-14(21)11-15(22)10-13/h9-12,24H,2-8H2,1H3,(H,23,27). The number of ether oxygens (including phenoxy) is 1. The Kier molecular flexibility index (Phi) is 6.66. The zero-order valence-corrected chi connectivity index (χ0v) is 16.5. The minimum absolute atomic E-state index is 0.0499. The number of hydroxylamine groups is 1. The first-order valence-corrected chi connectivity index (χ1v) is 9.68. The van der Waals surface area contributed by atoms with Crippen LogP contribution < -0.4 is 10.8 Å². The van der Waals surface area contributed by atoms with Gasteiger partial charge < -0.3 is 15.0 Å². The summed E-state index contributed by atoms with van der Waals surface area (Å²) < 4.78 is 31.5. The van der Waals surface area contributed by atoms with Crippen LogP contribution in [0, 0.1) is 11.6 Å². The lowest BCUT2D eigenvalue weighted by Gasteiger charge is -2.36. The molecule has 2 aliphatic rings. The van der Waals surface area contributed by atoms with Crippen molar-refractivity contribution in [1.82, 2.24) is 15.7 Å². The first-order valence-electron chi connectivity index (χ1n) is 9.68. The molecule has 0 radical (unpaired) electrons. The van der Waals surface area contributed by atoms with Crippen molar-refractivity contribution in [1.29, 1.82) is 0 Å². The lowest BCUT2D eigenvalue weighted by Crippen LogP contribution is -2.46. The predicted octanol–water partition coefficient (Wildman–Crippen LogP) is 1.43. The van der Waals surface area contributed by atoms with E-state index in [0.29, 0.717) is 32.0 Å². The number of likely N-dealkylation sites (tertiary alicyclic amines) is 1. The third-order valence-corrected chi connectivity index (χ3v) is 4.94. The second-order valence-corrected chi connectivity index (χ2v) is 7.09. The van der Waals surface area contributed by atoms with Gasteiger partial charge in [-0.3, -0.25) is 24.7 Å². The fourth-order valence-electron chi connectivity index (χ4n) is 3.39. The highest BCUT2D eigenvalue weighted by atomic mass is 19.1. The van der Waals surface area contributed by atoms with Gasteiger partial charge in [-0.15, -0.1) is 0 Å². The first-order chi connectivity index (χ1) is 14.3. The number of hydrogen-bond acceptors (Lipinski definition) is 6. The van der Waals surface area contributed by atoms with Gasteiger partial charge in [0.25, 0.3) is 11.8 Å². The van der Waals surface area contributed by atoms with Crippen molar-refractivity contribution in [3.05, 3.63) is 47.2 Å². The fourth-order valence-corrected chi connectivity index (χ4v) is 3.39. The molecule has 1 saturated heterocycles. The summed E-state index contributed by atoms with van der Waals surface area (Å²) >= 11 is 0. The van der Waals surface area contributed by atoms with E-state index in [4.69, 9.17) is 9.57 Å². The summed E-state index contributed by atoms with van der Waals surface area (Å²) in [6, 6.07) is 2.72. The Morgan fingerprint density at radius 2 is 1.87 bits per heavy atom. The van der Waals surface area contributed by atoms with Crippen LogP contribution in [0.25, 0.3) is 0 Å². The summed E-state index contributed by atoms with van der Waals surface area (Å²) in [5.41, 5.74) is 2.03. The van der Waals surface area contributed by atoms with E-state index in [1.807, 2.05) is 0 Å². The van der Waals surface area contributed by atoms with E-state index in [0.717, 1.165) is 12.1 Å². The van der Waals surface area contributed by atoms with E-state index >= 15 is 0 Å². The number of carbonyl (C=O) groups is 3. The van der Waals surface area contributed by atoms with Crippen molar-refractivity contribution >= 4 is 17.8 Å². The molecule has 2 amide bonds. The Morgan fingerprint density at radius 3 is 2.50 bits per heavy atom. The third kappa shape index (κ3) is 5.12. The normalized spacial score (nSPS) is 17.3. The van der Waals surface area contributed by atoms with Gasteiger partial charge in [-0.25, -0.2) is 8.78 Å². The van der Waals surface area contributed by atoms with Crippen LogP contribution in [0.1, 0.15) is 36.5 Å². The predicted molar refractivity (Wildman–Crippen MR) is 101 cm³/mol. The highest BCUT2D eigenvalue weighted by Gasteiger charge is 2.41. The van der Waals surface area contributed by atoms with Crippen LogP contribution in [-0.4, -0.2) is 54.5 Å². The molecule has 2 heterocycles. The number of rotatable bonds is 6. The maximum atomic E-state index is 13.4. The summed E-state index contributed by atoms with van der Waals surface area (Å²) in [4.78, 5) is 43.1. The topological polar surface area (TPSA) is 97.0 Å². The number of benzene rings is 1. The quantitative estimate of drug-likeness (QED) is 0.672. The molecular weight excluding hydrogens is 400 g/mol. The zero-order chi connectivity index (χ0) is 21.7. The monoisotopic (exact) mass is 423 g/mol. The summed E-state index contributed by atoms with van der Waals surface area (Å²) in [5, 5.41) is 2.61. The summed E-state index contributed by atoms with van der Waals surface area (Å²) in [7, 11) is 0. The van der Waals surface area contributed by atoms with E-state index in [9.17, 15) is 23.2 Å². The Balaban J connectivity index is 1.53. The fraction of sp³-hybridized carbons (Fsp3) is 0.450. The van der Waals surface area contributed by atoms with Crippen molar-refractivity contribution in [2.75, 3.05) is 26.2 Å². The molecule has 0 saturated carbocycles.